The molecule has 0 aliphatic carbocycles. The van der Waals surface area contributed by atoms with Gasteiger partial charge in [-0.3, -0.25) is 0 Å². The Morgan fingerprint density at radius 1 is 1.43 bits per heavy atom. The van der Waals surface area contributed by atoms with Gasteiger partial charge in [0.15, 0.2) is 11.5 Å². The van der Waals surface area contributed by atoms with Gasteiger partial charge in [-0.1, -0.05) is 6.07 Å². The molecule has 0 unspecified atom stereocenters. The summed E-state index contributed by atoms with van der Waals surface area (Å²) < 4.78 is 10.4. The summed E-state index contributed by atoms with van der Waals surface area (Å²) in [6, 6.07) is 5.48. The minimum atomic E-state index is 0.257. The van der Waals surface area contributed by atoms with Gasteiger partial charge in [0, 0.05) is 0 Å². The second-order valence-electron chi connectivity index (χ2n) is 2.99. The summed E-state index contributed by atoms with van der Waals surface area (Å²) in [6.07, 6.45) is 1.69. The maximum Gasteiger partial charge on any atom is 0.231 e. The molecule has 1 aromatic rings. The van der Waals surface area contributed by atoms with Gasteiger partial charge in [0.05, 0.1) is 5.70 Å². The molecule has 72 valence electrons. The first-order chi connectivity index (χ1) is 6.79. The molecule has 0 radical (unpaired) electrons. The van der Waals surface area contributed by atoms with Crippen molar-refractivity contribution in [1.29, 1.82) is 0 Å². The van der Waals surface area contributed by atoms with Crippen molar-refractivity contribution >= 4 is 6.08 Å². The average Bonchev–Trinajstić information content (AvgIpc) is 2.64. The maximum atomic E-state index is 10.2. The topological polar surface area (TPSA) is 47.9 Å². The van der Waals surface area contributed by atoms with E-state index in [1.807, 2.05) is 18.2 Å². The molecular weight excluding hydrogens is 182 g/mol. The van der Waals surface area contributed by atoms with Crippen LogP contribution in [0.2, 0.25) is 0 Å². The number of hydrogen-bond acceptors (Lipinski definition) is 4. The summed E-state index contributed by atoms with van der Waals surface area (Å²) in [5, 5.41) is 2.82. The van der Waals surface area contributed by atoms with Crippen LogP contribution >= 0.6 is 0 Å². The van der Waals surface area contributed by atoms with Crippen LogP contribution in [0.1, 0.15) is 12.5 Å². The second-order valence-corrected chi connectivity index (χ2v) is 2.99. The molecule has 0 fully saturated rings. The highest BCUT2D eigenvalue weighted by Gasteiger charge is 2.12. The van der Waals surface area contributed by atoms with E-state index in [0.717, 1.165) is 11.3 Å². The smallest absolute Gasteiger partial charge is 0.231 e. The molecular formula is C10H9NO3. The van der Waals surface area contributed by atoms with Crippen molar-refractivity contribution in [1.82, 2.24) is 0 Å². The minimum absolute atomic E-state index is 0.257. The first kappa shape index (κ1) is 8.74. The van der Waals surface area contributed by atoms with E-state index in [4.69, 9.17) is 9.47 Å². The van der Waals surface area contributed by atoms with Crippen LogP contribution in [0.3, 0.4) is 0 Å². The molecule has 1 aliphatic rings. The van der Waals surface area contributed by atoms with E-state index >= 15 is 0 Å². The Hall–Kier alpha value is -1.84. The molecule has 2 rings (SSSR count). The van der Waals surface area contributed by atoms with E-state index in [-0.39, 0.29) is 6.79 Å². The highest BCUT2D eigenvalue weighted by molar-refractivity contribution is 5.58. The van der Waals surface area contributed by atoms with E-state index in [1.165, 1.54) is 0 Å². The van der Waals surface area contributed by atoms with Crippen LogP contribution in [0.15, 0.2) is 29.1 Å². The Bertz CT molecular complexity index is 398. The number of hydrogen-bond donors (Lipinski definition) is 0. The lowest BCUT2D eigenvalue weighted by molar-refractivity contribution is 0.174. The van der Waals surface area contributed by atoms with Crippen LogP contribution in [-0.4, -0.2) is 6.79 Å². The van der Waals surface area contributed by atoms with Crippen molar-refractivity contribution in [2.24, 2.45) is 5.18 Å². The summed E-state index contributed by atoms with van der Waals surface area (Å²) in [4.78, 5) is 10.2. The van der Waals surface area contributed by atoms with E-state index in [1.54, 1.807) is 13.0 Å². The Balaban J connectivity index is 2.33. The fourth-order valence-electron chi connectivity index (χ4n) is 1.27. The summed E-state index contributed by atoms with van der Waals surface area (Å²) in [7, 11) is 0. The zero-order valence-electron chi connectivity index (χ0n) is 7.69. The Labute approximate surface area is 81.1 Å². The third-order valence-electron chi connectivity index (χ3n) is 1.92. The van der Waals surface area contributed by atoms with Crippen molar-refractivity contribution in [3.05, 3.63) is 34.4 Å². The molecule has 0 amide bonds. The van der Waals surface area contributed by atoms with Crippen molar-refractivity contribution in [3.8, 4) is 11.5 Å². The van der Waals surface area contributed by atoms with Crippen LogP contribution in [-0.2, 0) is 0 Å². The molecule has 1 aliphatic heterocycles. The first-order valence-corrected chi connectivity index (χ1v) is 4.21. The number of rotatable bonds is 2. The SMILES string of the molecule is C/C(=C/c1ccc2c(c1)OCO2)N=O. The summed E-state index contributed by atoms with van der Waals surface area (Å²) in [5.41, 5.74) is 1.32. The molecule has 4 nitrogen and oxygen atoms in total. The number of ether oxygens (including phenoxy) is 2. The van der Waals surface area contributed by atoms with Crippen LogP contribution in [0.25, 0.3) is 6.08 Å². The standard InChI is InChI=1S/C10H9NO3/c1-7(11-12)4-8-2-3-9-10(5-8)14-6-13-9/h2-5H,6H2,1H3/b7-4-. The van der Waals surface area contributed by atoms with Gasteiger partial charge >= 0.3 is 0 Å². The fraction of sp³-hybridized carbons (Fsp3) is 0.200. The highest BCUT2D eigenvalue weighted by atomic mass is 16.7. The molecule has 0 spiro atoms. The zero-order valence-corrected chi connectivity index (χ0v) is 7.69. The van der Waals surface area contributed by atoms with Gasteiger partial charge in [-0.25, -0.2) is 0 Å². The van der Waals surface area contributed by atoms with Crippen molar-refractivity contribution in [3.63, 3.8) is 0 Å². The predicted octanol–water partition coefficient (Wildman–Crippen LogP) is 2.54. The Morgan fingerprint density at radius 2 is 2.21 bits per heavy atom. The monoisotopic (exact) mass is 191 g/mol. The molecule has 14 heavy (non-hydrogen) atoms. The van der Waals surface area contributed by atoms with Gasteiger partial charge in [-0.15, -0.1) is 4.91 Å². The lowest BCUT2D eigenvalue weighted by Gasteiger charge is -1.97. The normalized spacial score (nSPS) is 14.2. The van der Waals surface area contributed by atoms with Gasteiger partial charge in [0.2, 0.25) is 6.79 Å². The van der Waals surface area contributed by atoms with Gasteiger partial charge in [0.1, 0.15) is 0 Å². The number of fused-ring (bicyclic) bond motifs is 1. The van der Waals surface area contributed by atoms with E-state index in [9.17, 15) is 4.91 Å². The van der Waals surface area contributed by atoms with Gasteiger partial charge < -0.3 is 9.47 Å². The van der Waals surface area contributed by atoms with Crippen LogP contribution < -0.4 is 9.47 Å². The van der Waals surface area contributed by atoms with E-state index in [0.29, 0.717) is 11.4 Å². The minimum Gasteiger partial charge on any atom is -0.454 e. The summed E-state index contributed by atoms with van der Waals surface area (Å²) >= 11 is 0. The maximum absolute atomic E-state index is 10.2. The molecule has 0 N–H and O–H groups in total. The first-order valence-electron chi connectivity index (χ1n) is 4.21. The van der Waals surface area contributed by atoms with Crippen LogP contribution in [0, 0.1) is 4.91 Å². The Kier molecular flexibility index (Phi) is 2.18. The summed E-state index contributed by atoms with van der Waals surface area (Å²) in [5.74, 6) is 1.44. The molecule has 1 aromatic carbocycles. The number of nitrogens with zero attached hydrogens (tertiary/aromatic N) is 1. The predicted molar refractivity (Wildman–Crippen MR) is 52.0 cm³/mol. The molecule has 1 heterocycles. The van der Waals surface area contributed by atoms with Crippen molar-refractivity contribution in [2.75, 3.05) is 6.79 Å². The number of benzene rings is 1. The zero-order chi connectivity index (χ0) is 9.97. The molecule has 0 saturated carbocycles. The quantitative estimate of drug-likeness (QED) is 0.675. The molecule has 4 heteroatoms. The average molecular weight is 191 g/mol. The van der Waals surface area contributed by atoms with Crippen molar-refractivity contribution < 1.29 is 9.47 Å². The highest BCUT2D eigenvalue weighted by Crippen LogP contribution is 2.32. The fourth-order valence-corrected chi connectivity index (χ4v) is 1.27. The lowest BCUT2D eigenvalue weighted by Crippen LogP contribution is -1.92. The Morgan fingerprint density at radius 3 is 3.00 bits per heavy atom. The number of allylic oxidation sites excluding steroid dienone is 1. The second kappa shape index (κ2) is 3.49. The van der Waals surface area contributed by atoms with Gasteiger partial charge in [-0.05, 0) is 35.9 Å². The van der Waals surface area contributed by atoms with Crippen molar-refractivity contribution in [2.45, 2.75) is 6.92 Å². The molecule has 0 aromatic heterocycles. The molecule has 0 bridgehead atoms. The largest absolute Gasteiger partial charge is 0.454 e. The van der Waals surface area contributed by atoms with E-state index < -0.39 is 0 Å². The van der Waals surface area contributed by atoms with Crippen LogP contribution in [0.4, 0.5) is 0 Å². The third-order valence-corrected chi connectivity index (χ3v) is 1.92. The molecule has 0 atom stereocenters. The van der Waals surface area contributed by atoms with Crippen LogP contribution in [0.5, 0.6) is 11.5 Å². The summed E-state index contributed by atoms with van der Waals surface area (Å²) in [6.45, 7) is 1.91. The van der Waals surface area contributed by atoms with Gasteiger partial charge in [-0.2, -0.15) is 0 Å². The molecule has 0 saturated heterocycles. The van der Waals surface area contributed by atoms with E-state index in [2.05, 4.69) is 5.18 Å². The number of nitroso groups, excluding NO2 is 1. The lowest BCUT2D eigenvalue weighted by atomic mass is 10.2. The third kappa shape index (κ3) is 1.59. The van der Waals surface area contributed by atoms with Gasteiger partial charge in [0.25, 0.3) is 0 Å².